The Bertz CT molecular complexity index is 880. The monoisotopic (exact) mass is 258 g/mol. The van der Waals surface area contributed by atoms with E-state index in [9.17, 15) is 0 Å². The predicted molar refractivity (Wildman–Crippen MR) is 96.4 cm³/mol. The molecule has 3 aromatic rings. The van der Waals surface area contributed by atoms with Crippen molar-refractivity contribution in [1.82, 2.24) is 0 Å². The zero-order valence-electron chi connectivity index (χ0n) is 10.9. The van der Waals surface area contributed by atoms with Crippen molar-refractivity contribution < 1.29 is 0 Å². The second kappa shape index (κ2) is 4.53. The third-order valence-electron chi connectivity index (χ3n) is 3.60. The highest BCUT2D eigenvalue weighted by atomic mass is 32.1. The van der Waals surface area contributed by atoms with Gasteiger partial charge in [0, 0.05) is 9.40 Å². The number of rotatable bonds is 0. The Morgan fingerprint density at radius 1 is 0.700 bits per heavy atom. The predicted octanol–water partition coefficient (Wildman–Crippen LogP) is -2.87. The van der Waals surface area contributed by atoms with Gasteiger partial charge in [0.25, 0.3) is 0 Å². The van der Waals surface area contributed by atoms with Gasteiger partial charge in [-0.15, -0.1) is 27.7 Å². The Labute approximate surface area is 130 Å². The van der Waals surface area contributed by atoms with Gasteiger partial charge in [0.15, 0.2) is 0 Å². The fourth-order valence-corrected chi connectivity index (χ4v) is 3.75. The lowest BCUT2D eigenvalue weighted by molar-refractivity contribution is 1.59. The fourth-order valence-electron chi connectivity index (χ4n) is 2.48. The van der Waals surface area contributed by atoms with Gasteiger partial charge in [-0.2, -0.15) is 0 Å². The molecule has 12 radical (unpaired) electrons. The van der Waals surface area contributed by atoms with E-state index in [1.165, 1.54) is 11.3 Å². The van der Waals surface area contributed by atoms with Crippen LogP contribution < -0.4 is 32.8 Å². The third-order valence-corrected chi connectivity index (χ3v) is 4.96. The summed E-state index contributed by atoms with van der Waals surface area (Å²) in [5, 5.41) is 1.54. The van der Waals surface area contributed by atoms with Crippen LogP contribution >= 0.6 is 11.3 Å². The van der Waals surface area contributed by atoms with E-state index in [4.69, 9.17) is 47.1 Å². The summed E-state index contributed by atoms with van der Waals surface area (Å²) in [5.41, 5.74) is 3.46. The van der Waals surface area contributed by atoms with E-state index >= 15 is 0 Å². The standard InChI is InChI=1S/C13H4B6S/c1-3-2-4(14)7(15)5-6-8(16)9(17)10(18)11(19)13(6)20-12(3)5/h2H,1H3. The largest absolute Gasteiger partial charge is 0.136 e. The highest BCUT2D eigenvalue weighted by Crippen LogP contribution is 2.31. The minimum absolute atomic E-state index is 0.286. The Morgan fingerprint density at radius 2 is 1.25 bits per heavy atom. The van der Waals surface area contributed by atoms with E-state index in [0.717, 1.165) is 25.7 Å². The normalized spacial score (nSPS) is 11.4. The zero-order chi connectivity index (χ0) is 14.8. The zero-order valence-corrected chi connectivity index (χ0v) is 11.8. The van der Waals surface area contributed by atoms with Crippen molar-refractivity contribution in [2.75, 3.05) is 0 Å². The second-order valence-corrected chi connectivity index (χ2v) is 5.88. The maximum absolute atomic E-state index is 6.12. The molecule has 20 heavy (non-hydrogen) atoms. The van der Waals surface area contributed by atoms with E-state index in [0.29, 0.717) is 27.3 Å². The summed E-state index contributed by atoms with van der Waals surface area (Å²) in [4.78, 5) is 0. The third kappa shape index (κ3) is 1.69. The van der Waals surface area contributed by atoms with Crippen LogP contribution in [0.1, 0.15) is 5.56 Å². The first-order valence-electron chi connectivity index (χ1n) is 5.97. The van der Waals surface area contributed by atoms with Crippen LogP contribution in [0, 0.1) is 6.92 Å². The summed E-state index contributed by atoms with van der Waals surface area (Å²) < 4.78 is 1.79. The van der Waals surface area contributed by atoms with E-state index in [1.54, 1.807) is 0 Å². The molecular weight excluding hydrogens is 253 g/mol. The molecule has 0 spiro atoms. The Hall–Kier alpha value is -0.950. The molecule has 0 N–H and O–H groups in total. The van der Waals surface area contributed by atoms with Crippen LogP contribution in [0.3, 0.4) is 0 Å². The minimum atomic E-state index is 0.286. The topological polar surface area (TPSA) is 0 Å². The van der Waals surface area contributed by atoms with Crippen molar-refractivity contribution >= 4 is 111 Å². The highest BCUT2D eigenvalue weighted by Gasteiger charge is 2.16. The van der Waals surface area contributed by atoms with Gasteiger partial charge in [-0.3, -0.25) is 0 Å². The first kappa shape index (κ1) is 14.0. The van der Waals surface area contributed by atoms with Crippen LogP contribution in [0.25, 0.3) is 20.2 Å². The summed E-state index contributed by atoms with van der Waals surface area (Å²) in [6.45, 7) is 1.96. The summed E-state index contributed by atoms with van der Waals surface area (Å²) in [5.74, 6) is 0. The molecule has 0 saturated heterocycles. The molecule has 0 atom stereocenters. The van der Waals surface area contributed by atoms with Crippen LogP contribution in [0.2, 0.25) is 0 Å². The van der Waals surface area contributed by atoms with Crippen LogP contribution in [0.5, 0.6) is 0 Å². The fraction of sp³-hybridized carbons (Fsp3) is 0.0769. The van der Waals surface area contributed by atoms with Crippen LogP contribution in [0.15, 0.2) is 6.07 Å². The second-order valence-electron chi connectivity index (χ2n) is 4.86. The minimum Gasteiger partial charge on any atom is -0.136 e. The summed E-state index contributed by atoms with van der Waals surface area (Å²) >= 11 is 1.50. The van der Waals surface area contributed by atoms with Gasteiger partial charge >= 0.3 is 0 Å². The molecule has 0 fully saturated rings. The average Bonchev–Trinajstić information content (AvgIpc) is 2.81. The SMILES string of the molecule is [B]c1cc(C)c2sc3c([B])c([B])c([B])c([B])c3c2c1[B]. The average molecular weight is 257 g/mol. The molecule has 0 amide bonds. The molecule has 1 heterocycles. The Morgan fingerprint density at radius 3 is 1.90 bits per heavy atom. The summed E-state index contributed by atoms with van der Waals surface area (Å²) in [6, 6.07) is 1.84. The molecule has 0 aliphatic heterocycles. The molecule has 0 bridgehead atoms. The maximum atomic E-state index is 6.12. The quantitative estimate of drug-likeness (QED) is 0.380. The molecule has 0 aliphatic rings. The van der Waals surface area contributed by atoms with E-state index in [2.05, 4.69) is 0 Å². The van der Waals surface area contributed by atoms with Crippen molar-refractivity contribution in [1.29, 1.82) is 0 Å². The van der Waals surface area contributed by atoms with Gasteiger partial charge in [-0.1, -0.05) is 22.5 Å². The lowest BCUT2D eigenvalue weighted by Crippen LogP contribution is -2.47. The van der Waals surface area contributed by atoms with Crippen LogP contribution in [-0.2, 0) is 0 Å². The van der Waals surface area contributed by atoms with Crippen molar-refractivity contribution in [3.05, 3.63) is 11.6 Å². The summed E-state index contributed by atoms with van der Waals surface area (Å²) in [7, 11) is 36.1. The van der Waals surface area contributed by atoms with Crippen LogP contribution in [-0.4, -0.2) is 47.1 Å². The molecule has 0 saturated carbocycles. The van der Waals surface area contributed by atoms with Crippen molar-refractivity contribution in [3.8, 4) is 0 Å². The lowest BCUT2D eigenvalue weighted by atomic mass is 9.65. The van der Waals surface area contributed by atoms with Gasteiger partial charge < -0.3 is 0 Å². The molecule has 0 aliphatic carbocycles. The maximum Gasteiger partial charge on any atom is 0.114 e. The van der Waals surface area contributed by atoms with Gasteiger partial charge in [0.1, 0.15) is 47.1 Å². The molecular formula is C13H4B6S. The molecule has 0 nitrogen and oxygen atoms in total. The van der Waals surface area contributed by atoms with Crippen molar-refractivity contribution in [2.45, 2.75) is 6.92 Å². The number of aryl methyl sites for hydroxylation is 1. The van der Waals surface area contributed by atoms with Gasteiger partial charge in [0.2, 0.25) is 0 Å². The molecule has 3 rings (SSSR count). The summed E-state index contributed by atoms with van der Waals surface area (Å²) in [6.07, 6.45) is 0. The van der Waals surface area contributed by atoms with Crippen LogP contribution in [0.4, 0.5) is 0 Å². The molecule has 2 aromatic carbocycles. The van der Waals surface area contributed by atoms with E-state index in [-0.39, 0.29) is 5.46 Å². The van der Waals surface area contributed by atoms with E-state index < -0.39 is 0 Å². The molecule has 1 aromatic heterocycles. The Kier molecular flexibility index (Phi) is 3.17. The first-order valence-corrected chi connectivity index (χ1v) is 6.78. The highest BCUT2D eigenvalue weighted by molar-refractivity contribution is 7.27. The first-order chi connectivity index (χ1) is 9.34. The number of fused-ring (bicyclic) bond motifs is 3. The van der Waals surface area contributed by atoms with E-state index in [1.807, 2.05) is 13.0 Å². The van der Waals surface area contributed by atoms with Gasteiger partial charge in [0.05, 0.1) is 0 Å². The molecule has 80 valence electrons. The van der Waals surface area contributed by atoms with Gasteiger partial charge in [-0.25, -0.2) is 0 Å². The number of thiophene rings is 1. The molecule has 0 unspecified atom stereocenters. The van der Waals surface area contributed by atoms with Crippen molar-refractivity contribution in [3.63, 3.8) is 0 Å². The smallest absolute Gasteiger partial charge is 0.114 e. The number of hydrogen-bond acceptors (Lipinski definition) is 1. The van der Waals surface area contributed by atoms with Gasteiger partial charge in [-0.05, 0) is 23.3 Å². The van der Waals surface area contributed by atoms with Crippen molar-refractivity contribution in [2.24, 2.45) is 0 Å². The number of hydrogen-bond donors (Lipinski definition) is 0. The Balaban J connectivity index is 2.72. The lowest BCUT2D eigenvalue weighted by Gasteiger charge is -2.14. The molecule has 7 heteroatoms. The number of benzene rings is 2.